The van der Waals surface area contributed by atoms with Crippen molar-refractivity contribution in [2.45, 2.75) is 513 Å². The molecule has 22 heteroatoms. The Labute approximate surface area is 768 Å². The first-order valence-electron chi connectivity index (χ1n) is 52.1. The molecule has 0 amide bonds. The van der Waals surface area contributed by atoms with Crippen LogP contribution in [-0.4, -0.2) is 204 Å². The van der Waals surface area contributed by atoms with Crippen molar-refractivity contribution in [2.75, 3.05) is 129 Å². The van der Waals surface area contributed by atoms with Crippen LogP contribution in [0.2, 0.25) is 0 Å². The number of nitrogens with one attached hydrogen (secondary N) is 4. The van der Waals surface area contributed by atoms with Crippen LogP contribution in [0.3, 0.4) is 0 Å². The van der Waals surface area contributed by atoms with Crippen LogP contribution < -0.4 is 65.4 Å². The van der Waals surface area contributed by atoms with Crippen molar-refractivity contribution in [3.8, 4) is 0 Å². The summed E-state index contributed by atoms with van der Waals surface area (Å²) in [6.45, 7) is 81.7. The molecule has 1 saturated carbocycles. The Morgan fingerprint density at radius 1 is 0.192 bits per heavy atom. The Bertz CT molecular complexity index is 3210. The monoisotopic (exact) mass is 1740 g/mol. The van der Waals surface area contributed by atoms with Crippen LogP contribution in [0, 0.1) is 10.8 Å². The van der Waals surface area contributed by atoms with Gasteiger partial charge in [0.25, 0.3) is 0 Å². The van der Waals surface area contributed by atoms with Gasteiger partial charge in [0.1, 0.15) is 0 Å². The first kappa shape index (κ1) is 105. The van der Waals surface area contributed by atoms with Gasteiger partial charge in [0.2, 0.25) is 53.5 Å². The van der Waals surface area contributed by atoms with E-state index in [-0.39, 0.29) is 85.4 Å². The molecule has 125 heavy (non-hydrogen) atoms. The molecule has 5 aliphatic rings. The van der Waals surface area contributed by atoms with Gasteiger partial charge in [-0.05, 0) is 276 Å². The highest BCUT2D eigenvalue weighted by Crippen LogP contribution is 2.49. The summed E-state index contributed by atoms with van der Waals surface area (Å²) >= 11 is 0. The maximum Gasteiger partial charge on any atom is 0.232 e. The largest absolute Gasteiger partial charge is 0.341 e. The van der Waals surface area contributed by atoms with E-state index in [1.165, 1.54) is 6.42 Å². The van der Waals surface area contributed by atoms with Crippen molar-refractivity contribution in [1.82, 2.24) is 66.1 Å². The third kappa shape index (κ3) is 33.4. The Kier molecular flexibility index (Phi) is 40.0. The lowest BCUT2D eigenvalue weighted by Gasteiger charge is -2.51. The summed E-state index contributed by atoms with van der Waals surface area (Å²) in [7, 11) is 0. The zero-order valence-corrected chi connectivity index (χ0v) is 86.8. The van der Waals surface area contributed by atoms with E-state index in [4.69, 9.17) is 44.9 Å². The summed E-state index contributed by atoms with van der Waals surface area (Å²) in [4.78, 5) is 75.5. The molecule has 718 valence electrons. The molecule has 8 rings (SSSR count). The summed E-state index contributed by atoms with van der Waals surface area (Å²) in [5.74, 6) is 7.78. The van der Waals surface area contributed by atoms with Gasteiger partial charge in [-0.3, -0.25) is 0 Å². The van der Waals surface area contributed by atoms with Gasteiger partial charge in [-0.25, -0.2) is 0 Å². The minimum absolute atomic E-state index is 0.0625. The molecule has 0 atom stereocenters. The molecule has 0 radical (unpaired) electrons. The van der Waals surface area contributed by atoms with Gasteiger partial charge in [-0.1, -0.05) is 173 Å². The Morgan fingerprint density at radius 2 is 0.336 bits per heavy atom. The molecule has 4 N–H and O–H groups in total. The quantitative estimate of drug-likeness (QED) is 0.0390. The average molecular weight is 1740 g/mol. The number of rotatable bonds is 55. The molecular weight excluding hydrogens is 1550 g/mol. The van der Waals surface area contributed by atoms with E-state index in [9.17, 15) is 0 Å². The van der Waals surface area contributed by atoms with Crippen molar-refractivity contribution in [3.63, 3.8) is 0 Å². The van der Waals surface area contributed by atoms with Crippen molar-refractivity contribution in [2.24, 2.45) is 10.8 Å². The lowest BCUT2D eigenvalue weighted by molar-refractivity contribution is 0.0946. The predicted molar refractivity (Wildman–Crippen MR) is 539 cm³/mol. The summed E-state index contributed by atoms with van der Waals surface area (Å²) in [5.41, 5.74) is -0.376. The van der Waals surface area contributed by atoms with Crippen LogP contribution >= 0.6 is 0 Å². The Morgan fingerprint density at radius 3 is 0.512 bits per heavy atom. The fourth-order valence-electron chi connectivity index (χ4n) is 23.6. The molecular formula is C103H196N22. The number of anilines is 9. The second-order valence-corrected chi connectivity index (χ2v) is 47.0. The smallest absolute Gasteiger partial charge is 0.232 e. The number of aromatic nitrogens is 9. The van der Waals surface area contributed by atoms with Crippen LogP contribution in [0.25, 0.3) is 0 Å². The zero-order valence-electron chi connectivity index (χ0n) is 86.8. The lowest BCUT2D eigenvalue weighted by Crippen LogP contribution is -2.63. The second-order valence-electron chi connectivity index (χ2n) is 47.0. The van der Waals surface area contributed by atoms with Crippen LogP contribution in [0.4, 0.5) is 53.5 Å². The van der Waals surface area contributed by atoms with Gasteiger partial charge >= 0.3 is 0 Å². The fourth-order valence-corrected chi connectivity index (χ4v) is 23.6. The average Bonchev–Trinajstić information content (AvgIpc) is 0.769. The molecule has 0 bridgehead atoms. The number of nitrogens with zero attached hydrogens (tertiary/aromatic N) is 18. The highest BCUT2D eigenvalue weighted by Gasteiger charge is 2.48. The third-order valence-corrected chi connectivity index (χ3v) is 27.7. The van der Waals surface area contributed by atoms with Crippen molar-refractivity contribution < 1.29 is 0 Å². The number of hydrogen-bond donors (Lipinski definition) is 4. The van der Waals surface area contributed by atoms with E-state index in [1.54, 1.807) is 0 Å². The molecule has 22 nitrogen and oxygen atoms in total. The van der Waals surface area contributed by atoms with Gasteiger partial charge in [0, 0.05) is 160 Å². The normalized spacial score (nSPS) is 20.3. The molecule has 5 fully saturated rings. The molecule has 0 unspecified atom stereocenters. The number of hydrogen-bond acceptors (Lipinski definition) is 22. The van der Waals surface area contributed by atoms with E-state index >= 15 is 0 Å². The fraction of sp³-hybridized carbons (Fsp3) is 0.913. The zero-order chi connectivity index (χ0) is 91.8. The maximum absolute atomic E-state index is 6.14. The van der Waals surface area contributed by atoms with Gasteiger partial charge in [0.05, 0.1) is 0 Å². The topological polar surface area (TPSA) is 193 Å². The minimum Gasteiger partial charge on any atom is -0.341 e. The molecule has 0 spiro atoms. The van der Waals surface area contributed by atoms with Crippen molar-refractivity contribution >= 4 is 53.5 Å². The molecule has 7 heterocycles. The lowest BCUT2D eigenvalue weighted by atomic mass is 9.63. The van der Waals surface area contributed by atoms with Crippen LogP contribution in [0.5, 0.6) is 0 Å². The SMILES string of the molecule is CCCCN(CCCC)c1nc(N(CCCC)CCCC)nc(N(CCCCCCN(c2nc(N(CCCC)C3CC(C)(C)NC(C)(C)C3)nc(N(CCCCCCN(c3nc(N(CCCC)CCCC)nc(N(CCCC)CCCC)n3)C3CC(C)(C)NC(C)(C)C3)C3CC(C)(C)NC(C)(C)C3)n2)C2CC(C)(C)CC(C)(C)C2)C2CC(C)(C)NC(C)(C)C2)n1. The minimum atomic E-state index is -0.113. The summed E-state index contributed by atoms with van der Waals surface area (Å²) in [5, 5.41) is 16.3. The van der Waals surface area contributed by atoms with E-state index < -0.39 is 0 Å². The maximum atomic E-state index is 6.14. The van der Waals surface area contributed by atoms with Gasteiger partial charge in [0.15, 0.2) is 0 Å². The molecule has 4 aliphatic heterocycles. The third-order valence-electron chi connectivity index (χ3n) is 27.7. The highest BCUT2D eigenvalue weighted by atomic mass is 15.4. The van der Waals surface area contributed by atoms with E-state index in [2.05, 4.69) is 266 Å². The molecule has 4 saturated heterocycles. The van der Waals surface area contributed by atoms with Crippen LogP contribution in [0.1, 0.15) is 438 Å². The van der Waals surface area contributed by atoms with E-state index in [0.717, 1.165) is 370 Å². The number of piperidine rings is 4. The van der Waals surface area contributed by atoms with Gasteiger partial charge in [-0.15, -0.1) is 0 Å². The molecule has 3 aromatic heterocycles. The summed E-state index contributed by atoms with van der Waals surface area (Å²) < 4.78 is 0. The number of unbranched alkanes of at least 4 members (excludes halogenated alkanes) is 15. The van der Waals surface area contributed by atoms with Crippen molar-refractivity contribution in [3.05, 3.63) is 0 Å². The first-order chi connectivity index (χ1) is 58.8. The second kappa shape index (κ2) is 47.4. The Hall–Kier alpha value is -4.93. The van der Waals surface area contributed by atoms with Crippen LogP contribution in [-0.2, 0) is 0 Å². The Balaban J connectivity index is 1.20. The van der Waals surface area contributed by atoms with Crippen molar-refractivity contribution in [1.29, 1.82) is 0 Å². The molecule has 1 aliphatic carbocycles. The molecule has 0 aromatic carbocycles. The van der Waals surface area contributed by atoms with Gasteiger partial charge in [-0.2, -0.15) is 44.9 Å². The van der Waals surface area contributed by atoms with Crippen LogP contribution in [0.15, 0.2) is 0 Å². The summed E-state index contributed by atoms with van der Waals surface area (Å²) in [6.07, 6.45) is 40.0. The standard InChI is InChI=1S/C103H196N22/c1-30-39-56-117(57-40-31-2)85-104-86(118(58-41-32-3)59-42-33-4)107-89(106-85)123(82-73-98(18,19)114-99(20,21)74-82)66-53-49-48-52-65-122(80-69-94(10,11)79-95(12,13)70-80)92-110-91(121(64-47-38-9)81-71-96(14,15)113-97(16,17)72-81)111-93(112-92)125(84-77-102(26,27)116-103(28,29)78-84)68-55-51-50-54-67-124(83-75-100(22,23)115-101(24,25)76-83)90-108-87(119(60-43-34-5)61-44-35-6)105-88(109-90)120(62-45-36-7)63-46-37-8/h80-84,113-116H,30-79H2,1-29H3. The van der Waals surface area contributed by atoms with E-state index in [0.29, 0.717) is 0 Å². The molecule has 3 aromatic rings. The van der Waals surface area contributed by atoms with Gasteiger partial charge < -0.3 is 65.4 Å². The predicted octanol–water partition coefficient (Wildman–Crippen LogP) is 23.1. The van der Waals surface area contributed by atoms with E-state index in [1.807, 2.05) is 0 Å². The first-order valence-corrected chi connectivity index (χ1v) is 52.1. The highest BCUT2D eigenvalue weighted by molar-refractivity contribution is 5.52. The summed E-state index contributed by atoms with van der Waals surface area (Å²) in [6, 6.07) is 1.19.